The molecule has 0 aliphatic rings. The van der Waals surface area contributed by atoms with Crippen LogP contribution < -0.4 is 0 Å². The molecule has 0 heterocycles. The number of rotatable bonds is 1. The summed E-state index contributed by atoms with van der Waals surface area (Å²) < 4.78 is 0.829. The average Bonchev–Trinajstić information content (AvgIpc) is 2.18. The zero-order chi connectivity index (χ0) is 11.3. The van der Waals surface area contributed by atoms with Crippen LogP contribution in [0.5, 0.6) is 0 Å². The molecule has 0 N–H and O–H groups in total. The van der Waals surface area contributed by atoms with E-state index in [2.05, 4.69) is 27.8 Å². The lowest BCUT2D eigenvalue weighted by molar-refractivity contribution is -0.109. The largest absolute Gasteiger partial charge is 0.288 e. The number of halogens is 2. The molecule has 15 heavy (non-hydrogen) atoms. The van der Waals surface area contributed by atoms with Crippen molar-refractivity contribution in [3.05, 3.63) is 33.3 Å². The van der Waals surface area contributed by atoms with E-state index < -0.39 is 0 Å². The van der Waals surface area contributed by atoms with E-state index in [0.29, 0.717) is 10.8 Å². The fourth-order valence-electron chi connectivity index (χ4n) is 0.850. The van der Waals surface area contributed by atoms with Gasteiger partial charge in [-0.2, -0.15) is 0 Å². The van der Waals surface area contributed by atoms with Crippen LogP contribution in [0.1, 0.15) is 12.5 Å². The molecular weight excluding hydrogens is 296 g/mol. The molecule has 0 amide bonds. The van der Waals surface area contributed by atoms with Gasteiger partial charge in [0.1, 0.15) is 0 Å². The fourth-order valence-corrected chi connectivity index (χ4v) is 1.69. The third kappa shape index (κ3) is 4.74. The molecule has 1 nitrogen and oxygen atoms in total. The molecule has 0 aliphatic carbocycles. The highest BCUT2D eigenvalue weighted by Crippen LogP contribution is 2.22. The smallest absolute Gasteiger partial charge is 0.186 e. The van der Waals surface area contributed by atoms with E-state index >= 15 is 0 Å². The lowest BCUT2D eigenvalue weighted by Crippen LogP contribution is -1.82. The minimum atomic E-state index is 0.0848. The Morgan fingerprint density at radius 1 is 1.60 bits per heavy atom. The van der Waals surface area contributed by atoms with Gasteiger partial charge in [-0.1, -0.05) is 35.2 Å². The second-order valence-electron chi connectivity index (χ2n) is 2.71. The van der Waals surface area contributed by atoms with Gasteiger partial charge in [0.2, 0.25) is 0 Å². The van der Waals surface area contributed by atoms with Crippen molar-refractivity contribution in [2.24, 2.45) is 0 Å². The first-order chi connectivity index (χ1) is 7.09. The van der Waals surface area contributed by atoms with Crippen molar-refractivity contribution in [1.82, 2.24) is 0 Å². The highest BCUT2D eigenvalue weighted by molar-refractivity contribution is 9.10. The van der Waals surface area contributed by atoms with Crippen molar-refractivity contribution in [3.63, 3.8) is 0 Å². The second-order valence-corrected chi connectivity index (χ2v) is 5.12. The van der Waals surface area contributed by atoms with Crippen LogP contribution in [0.3, 0.4) is 0 Å². The lowest BCUT2D eigenvalue weighted by atomic mass is 10.2. The summed E-state index contributed by atoms with van der Waals surface area (Å²) in [6, 6.07) is 5.49. The Kier molecular flexibility index (Phi) is 5.24. The van der Waals surface area contributed by atoms with Crippen molar-refractivity contribution in [2.45, 2.75) is 6.92 Å². The van der Waals surface area contributed by atoms with Gasteiger partial charge in [0.15, 0.2) is 5.12 Å². The van der Waals surface area contributed by atoms with Crippen LogP contribution in [0.2, 0.25) is 5.02 Å². The molecule has 0 saturated carbocycles. The van der Waals surface area contributed by atoms with Crippen LogP contribution in [-0.2, 0) is 4.79 Å². The molecule has 1 aromatic carbocycles. The zero-order valence-electron chi connectivity index (χ0n) is 8.01. The van der Waals surface area contributed by atoms with Crippen LogP contribution in [0, 0.1) is 11.8 Å². The van der Waals surface area contributed by atoms with Crippen molar-refractivity contribution in [3.8, 4) is 11.8 Å². The Balaban J connectivity index is 2.64. The highest BCUT2D eigenvalue weighted by atomic mass is 79.9. The van der Waals surface area contributed by atoms with E-state index in [1.807, 2.05) is 12.1 Å². The standard InChI is InChI=1S/C11H8BrClOS/c1-8(14)15-6-2-3-9-4-5-11(13)10(12)7-9/h4-5,7H,6H2,1H3. The summed E-state index contributed by atoms with van der Waals surface area (Å²) in [4.78, 5) is 10.6. The first-order valence-electron chi connectivity index (χ1n) is 4.17. The first-order valence-corrected chi connectivity index (χ1v) is 6.32. The maximum atomic E-state index is 10.6. The topological polar surface area (TPSA) is 17.1 Å². The van der Waals surface area contributed by atoms with Gasteiger partial charge >= 0.3 is 0 Å². The summed E-state index contributed by atoms with van der Waals surface area (Å²) in [6.07, 6.45) is 0. The molecule has 0 unspecified atom stereocenters. The molecule has 0 spiro atoms. The van der Waals surface area contributed by atoms with Crippen molar-refractivity contribution in [1.29, 1.82) is 0 Å². The van der Waals surface area contributed by atoms with Crippen LogP contribution in [0.25, 0.3) is 0 Å². The van der Waals surface area contributed by atoms with Gasteiger partial charge < -0.3 is 0 Å². The molecule has 0 aliphatic heterocycles. The summed E-state index contributed by atoms with van der Waals surface area (Å²) in [6.45, 7) is 1.53. The Morgan fingerprint density at radius 2 is 2.33 bits per heavy atom. The van der Waals surface area contributed by atoms with Crippen molar-refractivity contribution >= 4 is 44.4 Å². The maximum Gasteiger partial charge on any atom is 0.186 e. The molecule has 0 aromatic heterocycles. The molecule has 0 fully saturated rings. The number of benzene rings is 1. The summed E-state index contributed by atoms with van der Waals surface area (Å²) in [5, 5.41) is 0.750. The van der Waals surface area contributed by atoms with Crippen LogP contribution in [-0.4, -0.2) is 10.9 Å². The van der Waals surface area contributed by atoms with E-state index in [1.165, 1.54) is 18.7 Å². The molecule has 0 atom stereocenters. The molecule has 78 valence electrons. The van der Waals surface area contributed by atoms with Crippen molar-refractivity contribution < 1.29 is 4.79 Å². The molecule has 1 aromatic rings. The van der Waals surface area contributed by atoms with Gasteiger partial charge in [-0.15, -0.1) is 0 Å². The molecule has 0 bridgehead atoms. The third-order valence-corrected chi connectivity index (χ3v) is 3.41. The quantitative estimate of drug-likeness (QED) is 0.735. The summed E-state index contributed by atoms with van der Waals surface area (Å²) in [5.41, 5.74) is 0.885. The number of carbonyl (C=O) groups excluding carboxylic acids is 1. The molecular formula is C11H8BrClOS. The van der Waals surface area contributed by atoms with Gasteiger partial charge in [0.05, 0.1) is 10.8 Å². The first kappa shape index (κ1) is 12.6. The predicted octanol–water partition coefficient (Wildman–Crippen LogP) is 3.73. The minimum Gasteiger partial charge on any atom is -0.288 e. The molecule has 4 heteroatoms. The Labute approximate surface area is 107 Å². The Morgan fingerprint density at radius 3 is 2.93 bits per heavy atom. The van der Waals surface area contributed by atoms with E-state index in [4.69, 9.17) is 11.6 Å². The van der Waals surface area contributed by atoms with E-state index in [-0.39, 0.29) is 5.12 Å². The van der Waals surface area contributed by atoms with Crippen LogP contribution >= 0.6 is 39.3 Å². The number of thioether (sulfide) groups is 1. The van der Waals surface area contributed by atoms with Gasteiger partial charge in [0.25, 0.3) is 0 Å². The maximum absolute atomic E-state index is 10.6. The number of hydrogen-bond acceptors (Lipinski definition) is 2. The Hall–Kier alpha value is -0.430. The average molecular weight is 304 g/mol. The van der Waals surface area contributed by atoms with E-state index in [1.54, 1.807) is 6.07 Å². The minimum absolute atomic E-state index is 0.0848. The molecule has 0 saturated heterocycles. The predicted molar refractivity (Wildman–Crippen MR) is 69.2 cm³/mol. The number of carbonyl (C=O) groups is 1. The summed E-state index contributed by atoms with van der Waals surface area (Å²) in [7, 11) is 0. The van der Waals surface area contributed by atoms with Gasteiger partial charge in [0, 0.05) is 17.0 Å². The SMILES string of the molecule is CC(=O)SCC#Cc1ccc(Cl)c(Br)c1. The summed E-state index contributed by atoms with van der Waals surface area (Å²) >= 11 is 10.4. The monoisotopic (exact) mass is 302 g/mol. The van der Waals surface area contributed by atoms with Crippen molar-refractivity contribution in [2.75, 3.05) is 5.75 Å². The van der Waals surface area contributed by atoms with Gasteiger partial charge in [-0.25, -0.2) is 0 Å². The van der Waals surface area contributed by atoms with Crippen LogP contribution in [0.4, 0.5) is 0 Å². The van der Waals surface area contributed by atoms with Gasteiger partial charge in [-0.05, 0) is 34.1 Å². The molecule has 0 radical (unpaired) electrons. The normalized spacial score (nSPS) is 9.27. The lowest BCUT2D eigenvalue weighted by Gasteiger charge is -1.95. The highest BCUT2D eigenvalue weighted by Gasteiger charge is 1.96. The zero-order valence-corrected chi connectivity index (χ0v) is 11.2. The second kappa shape index (κ2) is 6.22. The Bertz CT molecular complexity index is 434. The van der Waals surface area contributed by atoms with E-state index in [0.717, 1.165) is 10.0 Å². The fraction of sp³-hybridized carbons (Fsp3) is 0.182. The third-order valence-electron chi connectivity index (χ3n) is 1.50. The van der Waals surface area contributed by atoms with E-state index in [9.17, 15) is 4.79 Å². The van der Waals surface area contributed by atoms with Crippen LogP contribution in [0.15, 0.2) is 22.7 Å². The number of hydrogen-bond donors (Lipinski definition) is 0. The van der Waals surface area contributed by atoms with Gasteiger partial charge in [-0.3, -0.25) is 4.79 Å². The summed E-state index contributed by atoms with van der Waals surface area (Å²) in [5.74, 6) is 6.39. The molecule has 1 rings (SSSR count).